The van der Waals surface area contributed by atoms with Crippen molar-refractivity contribution in [3.63, 3.8) is 0 Å². The maximum Gasteiger partial charge on any atom is 0.305 e. The normalized spacial score (nSPS) is 12.6. The summed E-state index contributed by atoms with van der Waals surface area (Å²) in [6.07, 6.45) is 1.37. The third-order valence-electron chi connectivity index (χ3n) is 5.14. The molecule has 0 aliphatic heterocycles. The number of phenols is 1. The van der Waals surface area contributed by atoms with E-state index in [0.29, 0.717) is 22.3 Å². The van der Waals surface area contributed by atoms with Crippen molar-refractivity contribution in [3.8, 4) is 5.75 Å². The summed E-state index contributed by atoms with van der Waals surface area (Å²) in [6, 6.07) is 11.7. The molecule has 1 atom stereocenters. The molecule has 0 amide bonds. The van der Waals surface area contributed by atoms with E-state index < -0.39 is 6.10 Å². The van der Waals surface area contributed by atoms with E-state index in [-0.39, 0.29) is 16.7 Å². The molecule has 0 radical (unpaired) electrons. The fraction of sp³-hybridized carbons (Fsp3) is 0.458. The predicted octanol–water partition coefficient (Wildman–Crippen LogP) is 3.07. The highest BCUT2D eigenvalue weighted by Gasteiger charge is 2.15. The number of aliphatic hydroxyl groups excluding tert-OH is 1. The van der Waals surface area contributed by atoms with Crippen LogP contribution in [0.4, 0.5) is 0 Å². The van der Waals surface area contributed by atoms with Crippen LogP contribution in [0, 0.1) is 0 Å². The molecule has 1 unspecified atom stereocenters. The third-order valence-corrected chi connectivity index (χ3v) is 6.08. The second-order valence-electron chi connectivity index (χ2n) is 8.13. The molecule has 0 saturated heterocycles. The number of rotatable bonds is 13. The third kappa shape index (κ3) is 7.15. The van der Waals surface area contributed by atoms with Gasteiger partial charge in [0, 0.05) is 25.3 Å². The molecule has 0 aliphatic carbocycles. The number of thiazole rings is 1. The number of aromatic amines is 1. The molecule has 32 heavy (non-hydrogen) atoms. The quantitative estimate of drug-likeness (QED) is 0.252. The maximum absolute atomic E-state index is 11.6. The van der Waals surface area contributed by atoms with Gasteiger partial charge in [0.15, 0.2) is 0 Å². The van der Waals surface area contributed by atoms with Crippen LogP contribution in [0.15, 0.2) is 41.2 Å². The molecule has 1 aromatic heterocycles. The van der Waals surface area contributed by atoms with Crippen molar-refractivity contribution in [2.75, 3.05) is 26.2 Å². The number of aromatic nitrogens is 1. The molecule has 174 valence electrons. The van der Waals surface area contributed by atoms with Crippen molar-refractivity contribution in [1.82, 2.24) is 15.6 Å². The SMILES string of the molecule is CC(C)OCCCNCc1cccc(CCNCC(O)c2ccc(O)c3[nH]c(=O)sc23)c1. The van der Waals surface area contributed by atoms with Crippen LogP contribution in [0.3, 0.4) is 0 Å². The van der Waals surface area contributed by atoms with E-state index >= 15 is 0 Å². The van der Waals surface area contributed by atoms with Gasteiger partial charge in [0.2, 0.25) is 0 Å². The van der Waals surface area contributed by atoms with E-state index in [1.165, 1.54) is 17.2 Å². The Labute approximate surface area is 192 Å². The van der Waals surface area contributed by atoms with Crippen molar-refractivity contribution in [2.24, 2.45) is 0 Å². The number of ether oxygens (including phenoxy) is 1. The molecule has 8 heteroatoms. The van der Waals surface area contributed by atoms with Crippen molar-refractivity contribution >= 4 is 21.6 Å². The lowest BCUT2D eigenvalue weighted by Gasteiger charge is -2.14. The largest absolute Gasteiger partial charge is 0.506 e. The highest BCUT2D eigenvalue weighted by molar-refractivity contribution is 7.16. The number of hydrogen-bond donors (Lipinski definition) is 5. The lowest BCUT2D eigenvalue weighted by molar-refractivity contribution is 0.0770. The molecule has 0 bridgehead atoms. The van der Waals surface area contributed by atoms with Gasteiger partial charge in [0.1, 0.15) is 11.3 Å². The lowest BCUT2D eigenvalue weighted by atomic mass is 10.1. The summed E-state index contributed by atoms with van der Waals surface area (Å²) in [4.78, 5) is 14.0. The average Bonchev–Trinajstić information content (AvgIpc) is 3.16. The molecule has 5 N–H and O–H groups in total. The highest BCUT2D eigenvalue weighted by Crippen LogP contribution is 2.31. The van der Waals surface area contributed by atoms with Gasteiger partial charge in [0.25, 0.3) is 0 Å². The van der Waals surface area contributed by atoms with Crippen LogP contribution in [0.1, 0.15) is 43.1 Å². The van der Waals surface area contributed by atoms with Gasteiger partial charge < -0.3 is 30.6 Å². The minimum absolute atomic E-state index is 0.0144. The molecule has 3 rings (SSSR count). The molecule has 0 aliphatic rings. The smallest absolute Gasteiger partial charge is 0.305 e. The van der Waals surface area contributed by atoms with Crippen LogP contribution in [0.2, 0.25) is 0 Å². The van der Waals surface area contributed by atoms with Crippen molar-refractivity contribution in [3.05, 3.63) is 62.8 Å². The summed E-state index contributed by atoms with van der Waals surface area (Å²) >= 11 is 0.999. The highest BCUT2D eigenvalue weighted by atomic mass is 32.1. The monoisotopic (exact) mass is 459 g/mol. The molecular formula is C24H33N3O4S. The summed E-state index contributed by atoms with van der Waals surface area (Å²) in [5, 5.41) is 27.2. The van der Waals surface area contributed by atoms with E-state index in [1.54, 1.807) is 6.07 Å². The van der Waals surface area contributed by atoms with Crippen LogP contribution < -0.4 is 15.5 Å². The fourth-order valence-electron chi connectivity index (χ4n) is 3.53. The fourth-order valence-corrected chi connectivity index (χ4v) is 4.45. The van der Waals surface area contributed by atoms with Crippen LogP contribution in [0.25, 0.3) is 10.2 Å². The Kier molecular flexibility index (Phi) is 9.25. The van der Waals surface area contributed by atoms with Gasteiger partial charge in [-0.1, -0.05) is 41.7 Å². The van der Waals surface area contributed by atoms with Gasteiger partial charge in [-0.2, -0.15) is 0 Å². The molecule has 1 heterocycles. The number of H-pyrrole nitrogens is 1. The summed E-state index contributed by atoms with van der Waals surface area (Å²) < 4.78 is 6.15. The van der Waals surface area contributed by atoms with Crippen LogP contribution in [-0.4, -0.2) is 47.5 Å². The number of nitrogens with one attached hydrogen (secondary N) is 3. The van der Waals surface area contributed by atoms with E-state index in [1.807, 2.05) is 13.8 Å². The summed E-state index contributed by atoms with van der Waals surface area (Å²) in [6.45, 7) is 7.73. The number of phenolic OH excluding ortho intramolecular Hbond substituents is 1. The van der Waals surface area contributed by atoms with Crippen LogP contribution in [-0.2, 0) is 17.7 Å². The molecule has 0 fully saturated rings. The first-order valence-corrected chi connectivity index (χ1v) is 11.9. The summed E-state index contributed by atoms with van der Waals surface area (Å²) in [5.41, 5.74) is 3.52. The number of fused-ring (bicyclic) bond motifs is 1. The second-order valence-corrected chi connectivity index (χ2v) is 9.12. The Morgan fingerprint density at radius 3 is 2.75 bits per heavy atom. The number of benzene rings is 2. The minimum atomic E-state index is -0.764. The van der Waals surface area contributed by atoms with Crippen LogP contribution >= 0.6 is 11.3 Å². The zero-order valence-corrected chi connectivity index (χ0v) is 19.5. The Hall–Kier alpha value is -2.23. The van der Waals surface area contributed by atoms with E-state index in [2.05, 4.69) is 39.9 Å². The minimum Gasteiger partial charge on any atom is -0.506 e. The van der Waals surface area contributed by atoms with E-state index in [9.17, 15) is 15.0 Å². The Bertz CT molecular complexity index is 1050. The van der Waals surface area contributed by atoms with Crippen molar-refractivity contribution in [2.45, 2.75) is 45.4 Å². The Morgan fingerprint density at radius 2 is 1.94 bits per heavy atom. The lowest BCUT2D eigenvalue weighted by Crippen LogP contribution is -2.24. The predicted molar refractivity (Wildman–Crippen MR) is 129 cm³/mol. The number of hydrogen-bond acceptors (Lipinski definition) is 7. The van der Waals surface area contributed by atoms with Gasteiger partial charge in [-0.3, -0.25) is 4.79 Å². The van der Waals surface area contributed by atoms with Gasteiger partial charge in [-0.15, -0.1) is 0 Å². The standard InChI is InChI=1S/C24H33N3O4S/c1-16(2)31-12-4-10-25-14-18-6-3-5-17(13-18)9-11-26-15-21(29)19-7-8-20(28)22-23(19)32-24(30)27-22/h3,5-8,13,16,21,25-26,28-29H,4,9-12,14-15H2,1-2H3,(H,27,30). The zero-order valence-electron chi connectivity index (χ0n) is 18.7. The molecule has 7 nitrogen and oxygen atoms in total. The maximum atomic E-state index is 11.6. The first kappa shape index (κ1) is 24.4. The first-order valence-electron chi connectivity index (χ1n) is 11.1. The Morgan fingerprint density at radius 1 is 1.12 bits per heavy atom. The summed E-state index contributed by atoms with van der Waals surface area (Å²) in [7, 11) is 0. The number of aliphatic hydroxyl groups is 1. The van der Waals surface area contributed by atoms with E-state index in [4.69, 9.17) is 4.74 Å². The second kappa shape index (κ2) is 12.1. The first-order chi connectivity index (χ1) is 15.4. The van der Waals surface area contributed by atoms with Crippen molar-refractivity contribution < 1.29 is 14.9 Å². The van der Waals surface area contributed by atoms with Crippen molar-refractivity contribution in [1.29, 1.82) is 0 Å². The molecular weight excluding hydrogens is 426 g/mol. The molecule has 0 spiro atoms. The van der Waals surface area contributed by atoms with Gasteiger partial charge in [-0.25, -0.2) is 0 Å². The molecule has 0 saturated carbocycles. The Balaban J connectivity index is 1.42. The number of aromatic hydroxyl groups is 1. The van der Waals surface area contributed by atoms with Gasteiger partial charge >= 0.3 is 4.87 Å². The molecule has 3 aromatic rings. The van der Waals surface area contributed by atoms with E-state index in [0.717, 1.165) is 50.4 Å². The van der Waals surface area contributed by atoms with Crippen LogP contribution in [0.5, 0.6) is 5.75 Å². The van der Waals surface area contributed by atoms with Gasteiger partial charge in [0.05, 0.1) is 16.9 Å². The van der Waals surface area contributed by atoms with Gasteiger partial charge in [-0.05, 0) is 57.0 Å². The zero-order chi connectivity index (χ0) is 22.9. The average molecular weight is 460 g/mol. The summed E-state index contributed by atoms with van der Waals surface area (Å²) in [5.74, 6) is 0.0144. The molecule has 2 aromatic carbocycles. The topological polar surface area (TPSA) is 107 Å².